The Morgan fingerprint density at radius 1 is 1.53 bits per heavy atom. The van der Waals surface area contributed by atoms with Gasteiger partial charge in [-0.2, -0.15) is 0 Å². The maximum absolute atomic E-state index is 11.6. The Labute approximate surface area is 91.8 Å². The van der Waals surface area contributed by atoms with Crippen molar-refractivity contribution in [3.8, 4) is 0 Å². The quantitative estimate of drug-likeness (QED) is 0.720. The molecule has 0 unspecified atom stereocenters. The van der Waals surface area contributed by atoms with E-state index in [0.717, 1.165) is 19.5 Å². The minimum Gasteiger partial charge on any atom is -0.366 e. The molecule has 1 saturated heterocycles. The van der Waals surface area contributed by atoms with Gasteiger partial charge in [0.1, 0.15) is 6.10 Å². The molecule has 1 aliphatic heterocycles. The fourth-order valence-corrected chi connectivity index (χ4v) is 1.41. The zero-order valence-electron chi connectivity index (χ0n) is 9.93. The first-order valence-corrected chi connectivity index (χ1v) is 5.59. The highest BCUT2D eigenvalue weighted by Crippen LogP contribution is 2.16. The van der Waals surface area contributed by atoms with E-state index in [2.05, 4.69) is 31.4 Å². The number of hydrogen-bond donors (Lipinski definition) is 2. The lowest BCUT2D eigenvalue weighted by atomic mass is 9.92. The Morgan fingerprint density at radius 2 is 2.27 bits per heavy atom. The number of carbonyl (C=O) groups is 1. The molecule has 1 amide bonds. The highest BCUT2D eigenvalue weighted by molar-refractivity contribution is 5.81. The molecule has 1 rings (SSSR count). The van der Waals surface area contributed by atoms with Crippen molar-refractivity contribution in [2.24, 2.45) is 5.41 Å². The molecule has 1 fully saturated rings. The number of hydrogen-bond acceptors (Lipinski definition) is 3. The van der Waals surface area contributed by atoms with Gasteiger partial charge in [-0.1, -0.05) is 20.8 Å². The van der Waals surface area contributed by atoms with E-state index in [4.69, 9.17) is 4.74 Å². The smallest absolute Gasteiger partial charge is 0.250 e. The Morgan fingerprint density at radius 3 is 2.80 bits per heavy atom. The molecule has 1 aliphatic rings. The SMILES string of the molecule is CC(C)(C)CCNC(=O)[C@@H]1CNCCO1. The molecule has 4 heteroatoms. The van der Waals surface area contributed by atoms with Crippen LogP contribution in [0.15, 0.2) is 0 Å². The lowest BCUT2D eigenvalue weighted by Crippen LogP contribution is -2.48. The van der Waals surface area contributed by atoms with Gasteiger partial charge in [0, 0.05) is 19.6 Å². The largest absolute Gasteiger partial charge is 0.366 e. The highest BCUT2D eigenvalue weighted by atomic mass is 16.5. The van der Waals surface area contributed by atoms with Crippen LogP contribution in [0.3, 0.4) is 0 Å². The molecule has 2 N–H and O–H groups in total. The zero-order valence-corrected chi connectivity index (χ0v) is 9.93. The Bertz CT molecular complexity index is 205. The number of amides is 1. The predicted octanol–water partition coefficient (Wildman–Crippen LogP) is 0.527. The molecular weight excluding hydrogens is 192 g/mol. The molecule has 88 valence electrons. The van der Waals surface area contributed by atoms with Gasteiger partial charge in [0.05, 0.1) is 6.61 Å². The minimum absolute atomic E-state index is 0.00597. The van der Waals surface area contributed by atoms with Gasteiger partial charge < -0.3 is 15.4 Å². The summed E-state index contributed by atoms with van der Waals surface area (Å²) in [5.41, 5.74) is 0.263. The summed E-state index contributed by atoms with van der Waals surface area (Å²) in [6.07, 6.45) is 0.678. The fourth-order valence-electron chi connectivity index (χ4n) is 1.41. The fraction of sp³-hybridized carbons (Fsp3) is 0.909. The molecule has 0 spiro atoms. The van der Waals surface area contributed by atoms with Crippen molar-refractivity contribution in [3.63, 3.8) is 0 Å². The van der Waals surface area contributed by atoms with E-state index >= 15 is 0 Å². The van der Waals surface area contributed by atoms with Gasteiger partial charge in [0.2, 0.25) is 5.91 Å². The van der Waals surface area contributed by atoms with Crippen molar-refractivity contribution in [2.45, 2.75) is 33.3 Å². The van der Waals surface area contributed by atoms with Gasteiger partial charge in [0.25, 0.3) is 0 Å². The number of ether oxygens (including phenoxy) is 1. The first-order chi connectivity index (χ1) is 6.99. The Hall–Kier alpha value is -0.610. The van der Waals surface area contributed by atoms with Crippen LogP contribution >= 0.6 is 0 Å². The van der Waals surface area contributed by atoms with Crippen LogP contribution in [0.5, 0.6) is 0 Å². The normalized spacial score (nSPS) is 22.5. The summed E-state index contributed by atoms with van der Waals surface area (Å²) in [6.45, 7) is 9.31. The number of carbonyl (C=O) groups excluding carboxylic acids is 1. The monoisotopic (exact) mass is 214 g/mol. The maximum atomic E-state index is 11.6. The maximum Gasteiger partial charge on any atom is 0.250 e. The molecule has 1 atom stereocenters. The van der Waals surface area contributed by atoms with Gasteiger partial charge in [0.15, 0.2) is 0 Å². The number of morpholine rings is 1. The van der Waals surface area contributed by atoms with Gasteiger partial charge in [-0.3, -0.25) is 4.79 Å². The molecule has 0 aliphatic carbocycles. The Balaban J connectivity index is 2.17. The van der Waals surface area contributed by atoms with Crippen molar-refractivity contribution in [3.05, 3.63) is 0 Å². The van der Waals surface area contributed by atoms with Gasteiger partial charge in [-0.25, -0.2) is 0 Å². The van der Waals surface area contributed by atoms with Crippen LogP contribution in [-0.2, 0) is 9.53 Å². The van der Waals surface area contributed by atoms with E-state index in [0.29, 0.717) is 13.2 Å². The van der Waals surface area contributed by atoms with Crippen LogP contribution in [0, 0.1) is 5.41 Å². The van der Waals surface area contributed by atoms with Gasteiger partial charge >= 0.3 is 0 Å². The molecule has 1 heterocycles. The van der Waals surface area contributed by atoms with E-state index < -0.39 is 0 Å². The van der Waals surface area contributed by atoms with Crippen LogP contribution in [0.25, 0.3) is 0 Å². The third-order valence-corrected chi connectivity index (χ3v) is 2.39. The van der Waals surface area contributed by atoms with E-state index in [9.17, 15) is 4.79 Å². The second kappa shape index (κ2) is 5.47. The topological polar surface area (TPSA) is 50.4 Å². The zero-order chi connectivity index (χ0) is 11.3. The molecule has 0 aromatic heterocycles. The first-order valence-electron chi connectivity index (χ1n) is 5.59. The van der Waals surface area contributed by atoms with Crippen molar-refractivity contribution in [1.82, 2.24) is 10.6 Å². The van der Waals surface area contributed by atoms with Crippen molar-refractivity contribution in [1.29, 1.82) is 0 Å². The van der Waals surface area contributed by atoms with Crippen LogP contribution in [0.2, 0.25) is 0 Å². The molecule has 0 bridgehead atoms. The molecule has 4 nitrogen and oxygen atoms in total. The lowest BCUT2D eigenvalue weighted by Gasteiger charge is -2.24. The standard InChI is InChI=1S/C11H22N2O2/c1-11(2,3)4-5-13-10(14)9-8-12-6-7-15-9/h9,12H,4-8H2,1-3H3,(H,13,14)/t9-/m0/s1. The average Bonchev–Trinajstić information content (AvgIpc) is 2.17. The summed E-state index contributed by atoms with van der Waals surface area (Å²) >= 11 is 0. The van der Waals surface area contributed by atoms with Crippen molar-refractivity contribution in [2.75, 3.05) is 26.2 Å². The van der Waals surface area contributed by atoms with Crippen LogP contribution < -0.4 is 10.6 Å². The third-order valence-electron chi connectivity index (χ3n) is 2.39. The van der Waals surface area contributed by atoms with Gasteiger partial charge in [-0.05, 0) is 11.8 Å². The van der Waals surface area contributed by atoms with E-state index in [1.165, 1.54) is 0 Å². The van der Waals surface area contributed by atoms with E-state index in [1.807, 2.05) is 0 Å². The number of rotatable bonds is 3. The summed E-state index contributed by atoms with van der Waals surface area (Å²) in [5.74, 6) is 0.00597. The van der Waals surface area contributed by atoms with Crippen molar-refractivity contribution < 1.29 is 9.53 Å². The molecule has 15 heavy (non-hydrogen) atoms. The van der Waals surface area contributed by atoms with Crippen LogP contribution in [0.1, 0.15) is 27.2 Å². The third kappa shape index (κ3) is 5.14. The summed E-state index contributed by atoms with van der Waals surface area (Å²) in [4.78, 5) is 11.6. The van der Waals surface area contributed by atoms with Crippen molar-refractivity contribution >= 4 is 5.91 Å². The summed E-state index contributed by atoms with van der Waals surface area (Å²) in [5, 5.41) is 6.04. The minimum atomic E-state index is -0.307. The first kappa shape index (κ1) is 12.5. The van der Waals surface area contributed by atoms with E-state index in [-0.39, 0.29) is 17.4 Å². The van der Waals surface area contributed by atoms with Crippen LogP contribution in [0.4, 0.5) is 0 Å². The number of nitrogens with one attached hydrogen (secondary N) is 2. The van der Waals surface area contributed by atoms with E-state index in [1.54, 1.807) is 0 Å². The molecule has 0 saturated carbocycles. The molecule has 0 aromatic rings. The van der Waals surface area contributed by atoms with Gasteiger partial charge in [-0.15, -0.1) is 0 Å². The predicted molar refractivity (Wildman–Crippen MR) is 59.7 cm³/mol. The summed E-state index contributed by atoms with van der Waals surface area (Å²) < 4.78 is 5.35. The second-order valence-electron chi connectivity index (χ2n) is 5.17. The molecule has 0 aromatic carbocycles. The molecular formula is C11H22N2O2. The highest BCUT2D eigenvalue weighted by Gasteiger charge is 2.21. The summed E-state index contributed by atoms with van der Waals surface area (Å²) in [7, 11) is 0. The summed E-state index contributed by atoms with van der Waals surface area (Å²) in [6, 6.07) is 0. The molecule has 0 radical (unpaired) electrons. The lowest BCUT2D eigenvalue weighted by molar-refractivity contribution is -0.134. The Kier molecular flexibility index (Phi) is 4.54. The average molecular weight is 214 g/mol. The second-order valence-corrected chi connectivity index (χ2v) is 5.17. The van der Waals surface area contributed by atoms with Crippen LogP contribution in [-0.4, -0.2) is 38.3 Å².